The van der Waals surface area contributed by atoms with Gasteiger partial charge in [-0.1, -0.05) is 18.2 Å². The maximum Gasteiger partial charge on any atom is 0.159 e. The molecule has 182 valence electrons. The van der Waals surface area contributed by atoms with Crippen molar-refractivity contribution < 1.29 is 9.50 Å². The molecule has 2 aromatic carbocycles. The van der Waals surface area contributed by atoms with E-state index in [9.17, 15) is 9.50 Å². The molecule has 1 fully saturated rings. The van der Waals surface area contributed by atoms with E-state index in [2.05, 4.69) is 30.5 Å². The van der Waals surface area contributed by atoms with Crippen LogP contribution >= 0.6 is 0 Å². The fraction of sp³-hybridized carbons (Fsp3) is 0.143. The number of pyridine rings is 2. The van der Waals surface area contributed by atoms with Crippen LogP contribution in [0.15, 0.2) is 73.3 Å². The Balaban J connectivity index is 1.28. The van der Waals surface area contributed by atoms with Crippen molar-refractivity contribution in [1.29, 1.82) is 0 Å². The molecule has 4 heterocycles. The van der Waals surface area contributed by atoms with Gasteiger partial charge in [0.25, 0.3) is 0 Å². The highest BCUT2D eigenvalue weighted by atomic mass is 19.1. The maximum atomic E-state index is 13.9. The van der Waals surface area contributed by atoms with Crippen LogP contribution in [0, 0.1) is 11.7 Å². The summed E-state index contributed by atoms with van der Waals surface area (Å²) >= 11 is 0. The van der Waals surface area contributed by atoms with Crippen molar-refractivity contribution in [3.63, 3.8) is 0 Å². The van der Waals surface area contributed by atoms with E-state index in [1.165, 1.54) is 12.1 Å². The number of benzene rings is 2. The number of aromatic amines is 2. The zero-order valence-corrected chi connectivity index (χ0v) is 19.6. The van der Waals surface area contributed by atoms with Gasteiger partial charge in [0, 0.05) is 34.8 Å². The van der Waals surface area contributed by atoms with E-state index in [4.69, 9.17) is 4.98 Å². The molecule has 1 unspecified atom stereocenters. The number of nitrogens with one attached hydrogen (secondary N) is 3. The monoisotopic (exact) mass is 491 g/mol. The molecular formula is C28H22FN7O. The zero-order valence-electron chi connectivity index (χ0n) is 19.6. The van der Waals surface area contributed by atoms with Crippen LogP contribution in [0.5, 0.6) is 0 Å². The van der Waals surface area contributed by atoms with Crippen molar-refractivity contribution in [2.45, 2.75) is 19.1 Å². The first-order chi connectivity index (χ1) is 18.1. The molecule has 4 aromatic heterocycles. The predicted molar refractivity (Wildman–Crippen MR) is 140 cm³/mol. The average Bonchev–Trinajstić information content (AvgIpc) is 3.55. The molecule has 0 bridgehead atoms. The van der Waals surface area contributed by atoms with Gasteiger partial charge >= 0.3 is 0 Å². The van der Waals surface area contributed by atoms with Crippen molar-refractivity contribution >= 4 is 27.6 Å². The molecule has 9 heteroatoms. The van der Waals surface area contributed by atoms with E-state index in [1.807, 2.05) is 30.3 Å². The highest BCUT2D eigenvalue weighted by molar-refractivity contribution is 5.98. The molecule has 1 aliphatic rings. The summed E-state index contributed by atoms with van der Waals surface area (Å²) in [7, 11) is 0. The van der Waals surface area contributed by atoms with Gasteiger partial charge in [0.05, 0.1) is 34.6 Å². The van der Waals surface area contributed by atoms with Crippen molar-refractivity contribution in [3.05, 3.63) is 79.1 Å². The molecule has 6 aromatic rings. The van der Waals surface area contributed by atoms with Gasteiger partial charge in [-0.2, -0.15) is 5.10 Å². The second kappa shape index (κ2) is 8.49. The fourth-order valence-corrected chi connectivity index (χ4v) is 4.66. The van der Waals surface area contributed by atoms with E-state index in [1.54, 1.807) is 30.9 Å². The Labute approximate surface area is 210 Å². The van der Waals surface area contributed by atoms with Crippen LogP contribution in [0.4, 0.5) is 10.1 Å². The number of hydrogen-bond donors (Lipinski definition) is 4. The topological polar surface area (TPSA) is 115 Å². The number of aliphatic hydroxyl groups is 1. The van der Waals surface area contributed by atoms with Crippen LogP contribution in [0.25, 0.3) is 55.7 Å². The predicted octanol–water partition coefficient (Wildman–Crippen LogP) is 5.51. The molecule has 7 rings (SSSR count). The third-order valence-corrected chi connectivity index (χ3v) is 6.77. The Hall–Kier alpha value is -4.63. The number of nitrogens with zero attached hydrogens (tertiary/aromatic N) is 4. The Morgan fingerprint density at radius 2 is 1.81 bits per heavy atom. The van der Waals surface area contributed by atoms with Crippen molar-refractivity contribution in [2.75, 3.05) is 5.32 Å². The number of hydrogen-bond acceptors (Lipinski definition) is 6. The zero-order chi connectivity index (χ0) is 24.9. The van der Waals surface area contributed by atoms with Gasteiger partial charge in [-0.05, 0) is 54.3 Å². The lowest BCUT2D eigenvalue weighted by Crippen LogP contribution is -2.20. The molecule has 0 amide bonds. The van der Waals surface area contributed by atoms with E-state index in [-0.39, 0.29) is 5.82 Å². The maximum absolute atomic E-state index is 13.9. The minimum Gasteiger partial charge on any atom is -0.374 e. The van der Waals surface area contributed by atoms with Crippen LogP contribution in [0.3, 0.4) is 0 Å². The number of H-pyrrole nitrogens is 2. The third-order valence-electron chi connectivity index (χ3n) is 6.77. The average molecular weight is 492 g/mol. The highest BCUT2D eigenvalue weighted by Gasteiger charge is 2.29. The summed E-state index contributed by atoms with van der Waals surface area (Å²) in [5, 5.41) is 21.9. The second-order valence-corrected chi connectivity index (χ2v) is 9.40. The third kappa shape index (κ3) is 3.99. The number of halogens is 1. The van der Waals surface area contributed by atoms with Gasteiger partial charge in [0.15, 0.2) is 5.82 Å². The van der Waals surface area contributed by atoms with Crippen LogP contribution in [-0.2, 0) is 0 Å². The number of imidazole rings is 1. The van der Waals surface area contributed by atoms with E-state index in [0.29, 0.717) is 28.5 Å². The molecule has 1 aliphatic carbocycles. The summed E-state index contributed by atoms with van der Waals surface area (Å²) in [6.45, 7) is 0. The van der Waals surface area contributed by atoms with Gasteiger partial charge in [0.1, 0.15) is 17.7 Å². The summed E-state index contributed by atoms with van der Waals surface area (Å²) in [5.41, 5.74) is 7.08. The first-order valence-electron chi connectivity index (χ1n) is 12.1. The van der Waals surface area contributed by atoms with Crippen LogP contribution in [0.1, 0.15) is 12.8 Å². The molecule has 0 saturated heterocycles. The van der Waals surface area contributed by atoms with E-state index in [0.717, 1.165) is 51.6 Å². The van der Waals surface area contributed by atoms with Crippen LogP contribution in [-0.4, -0.2) is 41.5 Å². The summed E-state index contributed by atoms with van der Waals surface area (Å²) in [6.07, 6.45) is 8.44. The number of anilines is 1. The molecule has 0 aliphatic heterocycles. The lowest BCUT2D eigenvalue weighted by molar-refractivity contribution is 0.180. The normalized spacial score (nSPS) is 14.3. The van der Waals surface area contributed by atoms with Gasteiger partial charge in [0.2, 0.25) is 0 Å². The van der Waals surface area contributed by atoms with Crippen molar-refractivity contribution in [2.24, 2.45) is 5.92 Å². The van der Waals surface area contributed by atoms with Crippen molar-refractivity contribution in [1.82, 2.24) is 30.1 Å². The molecule has 0 spiro atoms. The van der Waals surface area contributed by atoms with Gasteiger partial charge in [-0.3, -0.25) is 15.1 Å². The quantitative estimate of drug-likeness (QED) is 0.228. The molecule has 1 atom stereocenters. The fourth-order valence-electron chi connectivity index (χ4n) is 4.66. The summed E-state index contributed by atoms with van der Waals surface area (Å²) < 4.78 is 13.9. The number of aliphatic hydroxyl groups excluding tert-OH is 1. The van der Waals surface area contributed by atoms with Gasteiger partial charge < -0.3 is 15.4 Å². The minimum absolute atomic E-state index is 0.313. The minimum atomic E-state index is -0.556. The van der Waals surface area contributed by atoms with E-state index >= 15 is 0 Å². The number of fused-ring (bicyclic) bond motifs is 2. The molecular weight excluding hydrogens is 469 g/mol. The van der Waals surface area contributed by atoms with Gasteiger partial charge in [-0.15, -0.1) is 0 Å². The first-order valence-corrected chi connectivity index (χ1v) is 12.1. The van der Waals surface area contributed by atoms with Crippen LogP contribution < -0.4 is 5.32 Å². The second-order valence-electron chi connectivity index (χ2n) is 9.40. The molecule has 8 nitrogen and oxygen atoms in total. The molecule has 37 heavy (non-hydrogen) atoms. The first kappa shape index (κ1) is 21.6. The SMILES string of the molecule is OC(Nc1cncc(-c2ccc3[nH]nc(-c4nc5c(-c6cccc(F)c6)cncc5[nH]4)c3c2)c1)C1CC1. The smallest absolute Gasteiger partial charge is 0.159 e. The molecule has 0 radical (unpaired) electrons. The number of rotatable bonds is 6. The van der Waals surface area contributed by atoms with E-state index < -0.39 is 6.23 Å². The van der Waals surface area contributed by atoms with Crippen molar-refractivity contribution in [3.8, 4) is 33.8 Å². The molecule has 1 saturated carbocycles. The summed E-state index contributed by atoms with van der Waals surface area (Å²) in [5.74, 6) is 0.589. The largest absolute Gasteiger partial charge is 0.374 e. The Morgan fingerprint density at radius 3 is 2.68 bits per heavy atom. The molecule has 4 N–H and O–H groups in total. The Morgan fingerprint density at radius 1 is 0.919 bits per heavy atom. The lowest BCUT2D eigenvalue weighted by Gasteiger charge is -2.13. The van der Waals surface area contributed by atoms with Crippen LogP contribution in [0.2, 0.25) is 0 Å². The number of aromatic nitrogens is 6. The summed E-state index contributed by atoms with van der Waals surface area (Å²) in [6, 6.07) is 14.4. The lowest BCUT2D eigenvalue weighted by atomic mass is 10.0. The standard InChI is InChI=1S/C28H22FN7O/c29-19-3-1-2-17(8-19)22-13-31-14-24-25(22)34-27(33-24)26-21-10-16(6-7-23(21)35-36-26)18-9-20(12-30-11-18)32-28(37)15-4-5-15/h1-3,6-15,28,32,37H,4-5H2,(H,33,34)(H,35,36). The Kier molecular flexibility index (Phi) is 4.97. The van der Waals surface area contributed by atoms with Gasteiger partial charge in [-0.25, -0.2) is 9.37 Å². The Bertz CT molecular complexity index is 1770. The highest BCUT2D eigenvalue weighted by Crippen LogP contribution is 2.35. The summed E-state index contributed by atoms with van der Waals surface area (Å²) in [4.78, 5) is 16.8.